The van der Waals surface area contributed by atoms with Crippen LogP contribution in [0.15, 0.2) is 85.1 Å². The Labute approximate surface area is 205 Å². The average molecular weight is 470 g/mol. The summed E-state index contributed by atoms with van der Waals surface area (Å²) in [4.78, 5) is 24.2. The minimum absolute atomic E-state index is 0.00986. The van der Waals surface area contributed by atoms with Gasteiger partial charge in [0.15, 0.2) is 0 Å². The third-order valence-electron chi connectivity index (χ3n) is 6.37. The molecule has 0 saturated carbocycles. The number of aromatic nitrogens is 1. The van der Waals surface area contributed by atoms with E-state index in [1.807, 2.05) is 54.6 Å². The summed E-state index contributed by atoms with van der Waals surface area (Å²) in [5.41, 5.74) is 4.04. The average Bonchev–Trinajstić information content (AvgIpc) is 3.23. The first-order chi connectivity index (χ1) is 17.1. The van der Waals surface area contributed by atoms with Gasteiger partial charge in [0.25, 0.3) is 5.69 Å². The van der Waals surface area contributed by atoms with E-state index in [-0.39, 0.29) is 28.9 Å². The SMILES string of the molecule is CCCCCNC(=O)C[C@@H](c1ccccc1)c1cn(Cc2ccccc2)c2ccc([N+](=O)[O-])cc12. The predicted molar refractivity (Wildman–Crippen MR) is 140 cm³/mol. The van der Waals surface area contributed by atoms with E-state index < -0.39 is 0 Å². The molecule has 1 heterocycles. The molecule has 0 radical (unpaired) electrons. The number of amides is 1. The lowest BCUT2D eigenvalue weighted by Crippen LogP contribution is -2.26. The van der Waals surface area contributed by atoms with Crippen molar-refractivity contribution in [3.05, 3.63) is 112 Å². The third kappa shape index (κ3) is 5.96. The van der Waals surface area contributed by atoms with Crippen LogP contribution >= 0.6 is 0 Å². The van der Waals surface area contributed by atoms with Gasteiger partial charge < -0.3 is 9.88 Å². The third-order valence-corrected chi connectivity index (χ3v) is 6.37. The van der Waals surface area contributed by atoms with Crippen LogP contribution in [0.2, 0.25) is 0 Å². The van der Waals surface area contributed by atoms with Crippen molar-refractivity contribution in [2.45, 2.75) is 45.1 Å². The van der Waals surface area contributed by atoms with Crippen LogP contribution in [-0.2, 0) is 11.3 Å². The van der Waals surface area contributed by atoms with E-state index in [1.54, 1.807) is 12.1 Å². The van der Waals surface area contributed by atoms with Crippen LogP contribution in [0.4, 0.5) is 5.69 Å². The van der Waals surface area contributed by atoms with E-state index in [0.29, 0.717) is 13.1 Å². The van der Waals surface area contributed by atoms with Crippen molar-refractivity contribution in [3.63, 3.8) is 0 Å². The van der Waals surface area contributed by atoms with Crippen LogP contribution in [0, 0.1) is 10.1 Å². The molecule has 1 atom stereocenters. The van der Waals surface area contributed by atoms with Crippen molar-refractivity contribution in [3.8, 4) is 0 Å². The summed E-state index contributed by atoms with van der Waals surface area (Å²) in [6.45, 7) is 3.44. The largest absolute Gasteiger partial charge is 0.356 e. The number of non-ortho nitro benzene ring substituents is 1. The number of hydrogen-bond acceptors (Lipinski definition) is 3. The van der Waals surface area contributed by atoms with Gasteiger partial charge in [-0.2, -0.15) is 0 Å². The highest BCUT2D eigenvalue weighted by Crippen LogP contribution is 2.36. The van der Waals surface area contributed by atoms with Gasteiger partial charge in [-0.3, -0.25) is 14.9 Å². The van der Waals surface area contributed by atoms with Crippen molar-refractivity contribution in [1.29, 1.82) is 0 Å². The molecule has 1 amide bonds. The fourth-order valence-electron chi connectivity index (χ4n) is 4.57. The number of carbonyl (C=O) groups is 1. The van der Waals surface area contributed by atoms with E-state index in [1.165, 1.54) is 0 Å². The molecule has 1 N–H and O–H groups in total. The van der Waals surface area contributed by atoms with Crippen LogP contribution in [-0.4, -0.2) is 21.9 Å². The normalized spacial score (nSPS) is 11.9. The number of nitrogens with one attached hydrogen (secondary N) is 1. The molecule has 0 unspecified atom stereocenters. The molecule has 0 fully saturated rings. The summed E-state index contributed by atoms with van der Waals surface area (Å²) in [6.07, 6.45) is 5.48. The molecule has 0 saturated heterocycles. The first kappa shape index (κ1) is 24.2. The van der Waals surface area contributed by atoms with Crippen LogP contribution in [0.3, 0.4) is 0 Å². The fraction of sp³-hybridized carbons (Fsp3) is 0.276. The Morgan fingerprint density at radius 2 is 1.71 bits per heavy atom. The molecule has 1 aromatic heterocycles. The van der Waals surface area contributed by atoms with Crippen LogP contribution in [0.1, 0.15) is 55.2 Å². The van der Waals surface area contributed by atoms with Gasteiger partial charge in [0, 0.05) is 54.7 Å². The molecular weight excluding hydrogens is 438 g/mol. The van der Waals surface area contributed by atoms with Gasteiger partial charge in [0.2, 0.25) is 5.91 Å². The van der Waals surface area contributed by atoms with Crippen molar-refractivity contribution >= 4 is 22.5 Å². The van der Waals surface area contributed by atoms with Crippen molar-refractivity contribution in [2.24, 2.45) is 0 Å². The zero-order valence-electron chi connectivity index (χ0n) is 20.0. The summed E-state index contributed by atoms with van der Waals surface area (Å²) in [7, 11) is 0. The van der Waals surface area contributed by atoms with Crippen LogP contribution in [0.25, 0.3) is 10.9 Å². The second-order valence-electron chi connectivity index (χ2n) is 8.88. The summed E-state index contributed by atoms with van der Waals surface area (Å²) >= 11 is 0. The molecule has 0 aliphatic heterocycles. The Kier molecular flexibility index (Phi) is 7.93. The van der Waals surface area contributed by atoms with E-state index in [9.17, 15) is 14.9 Å². The predicted octanol–water partition coefficient (Wildman–Crippen LogP) is 6.43. The Morgan fingerprint density at radius 1 is 1.00 bits per heavy atom. The lowest BCUT2D eigenvalue weighted by atomic mass is 9.88. The Hall–Kier alpha value is -3.93. The molecule has 4 rings (SSSR count). The fourth-order valence-corrected chi connectivity index (χ4v) is 4.57. The second-order valence-corrected chi connectivity index (χ2v) is 8.88. The monoisotopic (exact) mass is 469 g/mol. The van der Waals surface area contributed by atoms with Crippen molar-refractivity contribution in [2.75, 3.05) is 6.54 Å². The molecule has 4 aromatic rings. The Balaban J connectivity index is 1.76. The Morgan fingerprint density at radius 3 is 2.40 bits per heavy atom. The number of nitro groups is 1. The quantitative estimate of drug-likeness (QED) is 0.156. The van der Waals surface area contributed by atoms with E-state index in [4.69, 9.17) is 0 Å². The number of nitrogens with zero attached hydrogens (tertiary/aromatic N) is 2. The minimum Gasteiger partial charge on any atom is -0.356 e. The zero-order valence-corrected chi connectivity index (χ0v) is 20.0. The Bertz CT molecular complexity index is 1280. The summed E-state index contributed by atoms with van der Waals surface area (Å²) < 4.78 is 2.12. The molecule has 0 aliphatic carbocycles. The number of hydrogen-bond donors (Lipinski definition) is 1. The molecule has 6 heteroatoms. The number of carbonyl (C=O) groups excluding carboxylic acids is 1. The molecule has 35 heavy (non-hydrogen) atoms. The molecule has 0 spiro atoms. The molecule has 0 bridgehead atoms. The molecule has 180 valence electrons. The van der Waals surface area contributed by atoms with Gasteiger partial charge in [0.1, 0.15) is 0 Å². The maximum Gasteiger partial charge on any atom is 0.270 e. The number of fused-ring (bicyclic) bond motifs is 1. The van der Waals surface area contributed by atoms with Crippen molar-refractivity contribution in [1.82, 2.24) is 9.88 Å². The summed E-state index contributed by atoms with van der Waals surface area (Å²) in [6, 6.07) is 25.0. The highest BCUT2D eigenvalue weighted by atomic mass is 16.6. The van der Waals surface area contributed by atoms with Gasteiger partial charge in [-0.15, -0.1) is 0 Å². The first-order valence-electron chi connectivity index (χ1n) is 12.2. The maximum absolute atomic E-state index is 12.9. The molecule has 0 aliphatic rings. The molecule has 6 nitrogen and oxygen atoms in total. The summed E-state index contributed by atoms with van der Waals surface area (Å²) in [5, 5.41) is 15.4. The van der Waals surface area contributed by atoms with Gasteiger partial charge >= 0.3 is 0 Å². The molecular formula is C29H31N3O3. The van der Waals surface area contributed by atoms with Gasteiger partial charge in [-0.1, -0.05) is 80.4 Å². The zero-order chi connectivity index (χ0) is 24.6. The van der Waals surface area contributed by atoms with Gasteiger partial charge in [-0.05, 0) is 29.2 Å². The molecule has 3 aromatic carbocycles. The topological polar surface area (TPSA) is 77.2 Å². The van der Waals surface area contributed by atoms with Crippen molar-refractivity contribution < 1.29 is 9.72 Å². The highest BCUT2D eigenvalue weighted by Gasteiger charge is 2.24. The van der Waals surface area contributed by atoms with Crippen LogP contribution in [0.5, 0.6) is 0 Å². The second kappa shape index (κ2) is 11.5. The number of nitro benzene ring substituents is 1. The maximum atomic E-state index is 12.9. The standard InChI is InChI=1S/C29H31N3O3/c1-2-3-10-17-30-29(33)19-25(23-13-8-5-9-14-23)27-21-31(20-22-11-6-4-7-12-22)28-16-15-24(32(34)35)18-26(27)28/h4-9,11-16,18,21,25H,2-3,10,17,19-20H2,1H3,(H,30,33)/t25-/m0/s1. The smallest absolute Gasteiger partial charge is 0.270 e. The minimum atomic E-state index is -0.365. The lowest BCUT2D eigenvalue weighted by Gasteiger charge is -2.17. The van der Waals surface area contributed by atoms with Gasteiger partial charge in [-0.25, -0.2) is 0 Å². The number of unbranched alkanes of at least 4 members (excludes halogenated alkanes) is 2. The van der Waals surface area contributed by atoms with E-state index in [0.717, 1.165) is 46.9 Å². The highest BCUT2D eigenvalue weighted by molar-refractivity contribution is 5.88. The van der Waals surface area contributed by atoms with E-state index >= 15 is 0 Å². The van der Waals surface area contributed by atoms with E-state index in [2.05, 4.69) is 35.1 Å². The van der Waals surface area contributed by atoms with Gasteiger partial charge in [0.05, 0.1) is 4.92 Å². The summed E-state index contributed by atoms with van der Waals surface area (Å²) in [5.74, 6) is -0.228. The first-order valence-corrected chi connectivity index (χ1v) is 12.2. The number of rotatable bonds is 11. The lowest BCUT2D eigenvalue weighted by molar-refractivity contribution is -0.384. The number of benzene rings is 3. The van der Waals surface area contributed by atoms with Crippen LogP contribution < -0.4 is 5.32 Å².